The molecule has 0 aromatic heterocycles. The van der Waals surface area contributed by atoms with Crippen molar-refractivity contribution >= 4 is 11.7 Å². The number of carbonyl (C=O) groups excluding carboxylic acids is 1. The lowest BCUT2D eigenvalue weighted by Gasteiger charge is -2.19. The molecule has 1 aromatic carbocycles. The first-order valence-corrected chi connectivity index (χ1v) is 6.65. The molecule has 0 aliphatic rings. The summed E-state index contributed by atoms with van der Waals surface area (Å²) < 4.78 is 15.9. The zero-order chi connectivity index (χ0) is 15.0. The van der Waals surface area contributed by atoms with Gasteiger partial charge in [0, 0.05) is 5.69 Å². The van der Waals surface area contributed by atoms with Gasteiger partial charge in [-0.05, 0) is 45.0 Å². The Balaban J connectivity index is 2.05. The number of ether oxygens (including phenoxy) is 3. The highest BCUT2D eigenvalue weighted by Crippen LogP contribution is 2.12. The van der Waals surface area contributed by atoms with Crippen molar-refractivity contribution in [1.82, 2.24) is 0 Å². The van der Waals surface area contributed by atoms with E-state index in [4.69, 9.17) is 19.9 Å². The highest BCUT2D eigenvalue weighted by atomic mass is 16.6. The molecular weight excluding hydrogens is 258 g/mol. The molecule has 1 rings (SSSR count). The van der Waals surface area contributed by atoms with Gasteiger partial charge in [0.05, 0.1) is 19.6 Å². The van der Waals surface area contributed by atoms with Crippen molar-refractivity contribution in [2.45, 2.75) is 32.8 Å². The van der Waals surface area contributed by atoms with Crippen molar-refractivity contribution in [2.75, 3.05) is 25.6 Å². The van der Waals surface area contributed by atoms with Crippen LogP contribution in [0.15, 0.2) is 24.3 Å². The molecule has 0 atom stereocenters. The third-order valence-corrected chi connectivity index (χ3v) is 2.25. The largest absolute Gasteiger partial charge is 0.491 e. The summed E-state index contributed by atoms with van der Waals surface area (Å²) in [4.78, 5) is 11.4. The SMILES string of the molecule is CC(C)(C)OC(=O)CCOCCOc1ccc(N)cc1. The molecule has 0 aliphatic carbocycles. The van der Waals surface area contributed by atoms with Crippen LogP contribution in [0.2, 0.25) is 0 Å². The van der Waals surface area contributed by atoms with E-state index in [1.807, 2.05) is 20.8 Å². The van der Waals surface area contributed by atoms with Crippen LogP contribution < -0.4 is 10.5 Å². The van der Waals surface area contributed by atoms with Gasteiger partial charge in [-0.25, -0.2) is 0 Å². The lowest BCUT2D eigenvalue weighted by molar-refractivity contribution is -0.156. The van der Waals surface area contributed by atoms with E-state index >= 15 is 0 Å². The molecular formula is C15H23NO4. The van der Waals surface area contributed by atoms with E-state index in [1.54, 1.807) is 24.3 Å². The average Bonchev–Trinajstić information content (AvgIpc) is 2.33. The van der Waals surface area contributed by atoms with Gasteiger partial charge in [0.1, 0.15) is 18.0 Å². The van der Waals surface area contributed by atoms with Crippen molar-refractivity contribution in [3.05, 3.63) is 24.3 Å². The first kappa shape index (κ1) is 16.3. The number of nitrogens with two attached hydrogens (primary N) is 1. The molecule has 0 saturated carbocycles. The smallest absolute Gasteiger partial charge is 0.308 e. The average molecular weight is 281 g/mol. The summed E-state index contributed by atoms with van der Waals surface area (Å²) in [6, 6.07) is 7.16. The van der Waals surface area contributed by atoms with Crippen molar-refractivity contribution in [1.29, 1.82) is 0 Å². The summed E-state index contributed by atoms with van der Waals surface area (Å²) in [5.74, 6) is 0.492. The van der Waals surface area contributed by atoms with E-state index in [0.717, 1.165) is 5.75 Å². The first-order valence-electron chi connectivity index (χ1n) is 6.65. The molecule has 5 heteroatoms. The van der Waals surface area contributed by atoms with Crippen LogP contribution in [-0.4, -0.2) is 31.4 Å². The minimum absolute atomic E-state index is 0.249. The summed E-state index contributed by atoms with van der Waals surface area (Å²) in [6.07, 6.45) is 0.249. The maximum atomic E-state index is 11.4. The number of benzene rings is 1. The monoisotopic (exact) mass is 281 g/mol. The van der Waals surface area contributed by atoms with Crippen LogP contribution in [0.4, 0.5) is 5.69 Å². The van der Waals surface area contributed by atoms with Crippen LogP contribution in [0.1, 0.15) is 27.2 Å². The van der Waals surface area contributed by atoms with E-state index in [0.29, 0.717) is 25.5 Å². The lowest BCUT2D eigenvalue weighted by atomic mass is 10.2. The second-order valence-corrected chi connectivity index (χ2v) is 5.37. The Morgan fingerprint density at radius 2 is 1.75 bits per heavy atom. The Kier molecular flexibility index (Phi) is 6.31. The number of esters is 1. The van der Waals surface area contributed by atoms with Gasteiger partial charge >= 0.3 is 5.97 Å². The van der Waals surface area contributed by atoms with E-state index in [9.17, 15) is 4.79 Å². The van der Waals surface area contributed by atoms with Gasteiger partial charge < -0.3 is 19.9 Å². The Bertz CT molecular complexity index is 409. The molecule has 0 fully saturated rings. The predicted octanol–water partition coefficient (Wildman–Crippen LogP) is 2.40. The maximum Gasteiger partial charge on any atom is 0.308 e. The maximum absolute atomic E-state index is 11.4. The Morgan fingerprint density at radius 1 is 1.10 bits per heavy atom. The minimum atomic E-state index is -0.449. The van der Waals surface area contributed by atoms with Gasteiger partial charge in [0.25, 0.3) is 0 Å². The third kappa shape index (κ3) is 7.63. The second kappa shape index (κ2) is 7.75. The van der Waals surface area contributed by atoms with Gasteiger partial charge in [-0.2, -0.15) is 0 Å². The van der Waals surface area contributed by atoms with Crippen molar-refractivity contribution in [2.24, 2.45) is 0 Å². The molecule has 0 saturated heterocycles. The second-order valence-electron chi connectivity index (χ2n) is 5.37. The first-order chi connectivity index (χ1) is 9.37. The highest BCUT2D eigenvalue weighted by molar-refractivity contribution is 5.69. The van der Waals surface area contributed by atoms with Gasteiger partial charge in [-0.15, -0.1) is 0 Å². The molecule has 0 radical (unpaired) electrons. The molecule has 20 heavy (non-hydrogen) atoms. The number of carbonyl (C=O) groups is 1. The van der Waals surface area contributed by atoms with Crippen LogP contribution in [0.3, 0.4) is 0 Å². The normalized spacial score (nSPS) is 11.2. The molecule has 0 unspecified atom stereocenters. The Labute approximate surface area is 120 Å². The van der Waals surface area contributed by atoms with Crippen LogP contribution in [-0.2, 0) is 14.3 Å². The van der Waals surface area contributed by atoms with E-state index in [1.165, 1.54) is 0 Å². The molecule has 5 nitrogen and oxygen atoms in total. The Morgan fingerprint density at radius 3 is 2.35 bits per heavy atom. The van der Waals surface area contributed by atoms with Crippen LogP contribution in [0, 0.1) is 0 Å². The third-order valence-electron chi connectivity index (χ3n) is 2.25. The summed E-state index contributed by atoms with van der Waals surface area (Å²) in [5, 5.41) is 0. The van der Waals surface area contributed by atoms with E-state index < -0.39 is 5.60 Å². The highest BCUT2D eigenvalue weighted by Gasteiger charge is 2.15. The topological polar surface area (TPSA) is 70.8 Å². The molecule has 1 aromatic rings. The van der Waals surface area contributed by atoms with Gasteiger partial charge in [0.15, 0.2) is 0 Å². The van der Waals surface area contributed by atoms with E-state index in [-0.39, 0.29) is 12.4 Å². The predicted molar refractivity (Wildman–Crippen MR) is 77.6 cm³/mol. The quantitative estimate of drug-likeness (QED) is 0.472. The lowest BCUT2D eigenvalue weighted by Crippen LogP contribution is -2.24. The standard InChI is InChI=1S/C15H23NO4/c1-15(2,3)20-14(17)8-9-18-10-11-19-13-6-4-12(16)5-7-13/h4-7H,8-11,16H2,1-3H3. The number of nitrogen functional groups attached to an aromatic ring is 1. The van der Waals surface area contributed by atoms with Gasteiger partial charge in [-0.3, -0.25) is 4.79 Å². The molecule has 0 bridgehead atoms. The number of hydrogen-bond donors (Lipinski definition) is 1. The van der Waals surface area contributed by atoms with Crippen LogP contribution >= 0.6 is 0 Å². The summed E-state index contributed by atoms with van der Waals surface area (Å²) in [7, 11) is 0. The van der Waals surface area contributed by atoms with Crippen molar-refractivity contribution < 1.29 is 19.0 Å². The Hall–Kier alpha value is -1.75. The zero-order valence-electron chi connectivity index (χ0n) is 12.3. The summed E-state index contributed by atoms with van der Waals surface area (Å²) in [5.41, 5.74) is 5.82. The number of rotatable bonds is 7. The van der Waals surface area contributed by atoms with Crippen LogP contribution in [0.5, 0.6) is 5.75 Å². The van der Waals surface area contributed by atoms with Gasteiger partial charge in [-0.1, -0.05) is 0 Å². The fraction of sp³-hybridized carbons (Fsp3) is 0.533. The minimum Gasteiger partial charge on any atom is -0.491 e. The van der Waals surface area contributed by atoms with Crippen molar-refractivity contribution in [3.63, 3.8) is 0 Å². The van der Waals surface area contributed by atoms with Gasteiger partial charge in [0.2, 0.25) is 0 Å². The molecule has 0 spiro atoms. The number of anilines is 1. The van der Waals surface area contributed by atoms with Crippen molar-refractivity contribution in [3.8, 4) is 5.75 Å². The summed E-state index contributed by atoms with van der Waals surface area (Å²) in [6.45, 7) is 6.70. The summed E-state index contributed by atoms with van der Waals surface area (Å²) >= 11 is 0. The molecule has 112 valence electrons. The zero-order valence-corrected chi connectivity index (χ0v) is 12.3. The van der Waals surface area contributed by atoms with E-state index in [2.05, 4.69) is 0 Å². The fourth-order valence-corrected chi connectivity index (χ4v) is 1.43. The molecule has 0 aliphatic heterocycles. The number of hydrogen-bond acceptors (Lipinski definition) is 5. The molecule has 2 N–H and O–H groups in total. The van der Waals surface area contributed by atoms with Crippen LogP contribution in [0.25, 0.3) is 0 Å². The fourth-order valence-electron chi connectivity index (χ4n) is 1.43. The molecule has 0 heterocycles. The molecule has 0 amide bonds.